The smallest absolute Gasteiger partial charge is 0.272 e. The van der Waals surface area contributed by atoms with Crippen molar-refractivity contribution >= 4 is 17.1 Å². The van der Waals surface area contributed by atoms with Crippen molar-refractivity contribution in [3.8, 4) is 0 Å². The van der Waals surface area contributed by atoms with E-state index in [0.29, 0.717) is 18.5 Å². The molecule has 0 heterocycles. The number of aryl methyl sites for hydroxylation is 1. The first-order valence-corrected chi connectivity index (χ1v) is 6.70. The zero-order valence-electron chi connectivity index (χ0n) is 12.0. The van der Waals surface area contributed by atoms with Crippen LogP contribution in [0.5, 0.6) is 0 Å². The highest BCUT2D eigenvalue weighted by atomic mass is 16.6. The molecule has 0 aromatic heterocycles. The molecule has 0 aliphatic rings. The lowest BCUT2D eigenvalue weighted by Gasteiger charge is -2.09. The zero-order chi connectivity index (χ0) is 16.1. The van der Waals surface area contributed by atoms with Crippen molar-refractivity contribution in [2.75, 3.05) is 11.9 Å². The minimum Gasteiger partial charge on any atom is -0.384 e. The van der Waals surface area contributed by atoms with Crippen LogP contribution in [0.3, 0.4) is 0 Å². The number of para-hydroxylation sites is 1. The molecule has 22 heavy (non-hydrogen) atoms. The molecule has 1 N–H and O–H groups in total. The molecule has 0 saturated carbocycles. The van der Waals surface area contributed by atoms with Gasteiger partial charge in [-0.1, -0.05) is 18.2 Å². The molecular formula is C15H15N3O4. The lowest BCUT2D eigenvalue weighted by Crippen LogP contribution is -2.07. The van der Waals surface area contributed by atoms with E-state index in [-0.39, 0.29) is 11.4 Å². The fourth-order valence-corrected chi connectivity index (χ4v) is 2.19. The van der Waals surface area contributed by atoms with Gasteiger partial charge in [-0.05, 0) is 25.0 Å². The van der Waals surface area contributed by atoms with Gasteiger partial charge >= 0.3 is 0 Å². The van der Waals surface area contributed by atoms with E-state index in [4.69, 9.17) is 0 Å². The Morgan fingerprint density at radius 2 is 1.77 bits per heavy atom. The fourth-order valence-electron chi connectivity index (χ4n) is 2.19. The molecule has 7 nitrogen and oxygen atoms in total. The molecule has 0 fully saturated rings. The van der Waals surface area contributed by atoms with Crippen LogP contribution in [-0.2, 0) is 6.42 Å². The molecule has 2 aromatic carbocycles. The molecule has 0 spiro atoms. The summed E-state index contributed by atoms with van der Waals surface area (Å²) in [6.07, 6.45) is 0.494. The molecule has 0 saturated heterocycles. The topological polar surface area (TPSA) is 98.3 Å². The van der Waals surface area contributed by atoms with Gasteiger partial charge in [-0.25, -0.2) is 0 Å². The molecule has 0 amide bonds. The summed E-state index contributed by atoms with van der Waals surface area (Å²) in [7, 11) is 0. The third kappa shape index (κ3) is 3.57. The van der Waals surface area contributed by atoms with Crippen LogP contribution in [0.4, 0.5) is 17.1 Å². The lowest BCUT2D eigenvalue weighted by atomic mass is 10.1. The number of hydrogen-bond acceptors (Lipinski definition) is 5. The Morgan fingerprint density at radius 3 is 2.41 bits per heavy atom. The SMILES string of the molecule is Cc1cc([N+](=O)[O-])ccc1NCCc1ccccc1[N+](=O)[O-]. The lowest BCUT2D eigenvalue weighted by molar-refractivity contribution is -0.385. The van der Waals surface area contributed by atoms with Crippen LogP contribution < -0.4 is 5.32 Å². The van der Waals surface area contributed by atoms with Crippen LogP contribution in [0.2, 0.25) is 0 Å². The summed E-state index contributed by atoms with van der Waals surface area (Å²) in [4.78, 5) is 20.8. The molecular weight excluding hydrogens is 286 g/mol. The molecule has 7 heteroatoms. The highest BCUT2D eigenvalue weighted by Gasteiger charge is 2.12. The Balaban J connectivity index is 2.03. The van der Waals surface area contributed by atoms with E-state index in [9.17, 15) is 20.2 Å². The van der Waals surface area contributed by atoms with Gasteiger partial charge in [0.25, 0.3) is 11.4 Å². The van der Waals surface area contributed by atoms with Crippen LogP contribution in [0.1, 0.15) is 11.1 Å². The molecule has 0 atom stereocenters. The van der Waals surface area contributed by atoms with Crippen LogP contribution >= 0.6 is 0 Å². The summed E-state index contributed by atoms with van der Waals surface area (Å²) < 4.78 is 0. The maximum Gasteiger partial charge on any atom is 0.272 e. The molecule has 2 aromatic rings. The number of hydrogen-bond donors (Lipinski definition) is 1. The minimum atomic E-state index is -0.440. The van der Waals surface area contributed by atoms with Crippen LogP contribution in [0, 0.1) is 27.2 Å². The van der Waals surface area contributed by atoms with E-state index >= 15 is 0 Å². The molecule has 2 rings (SSSR count). The summed E-state index contributed by atoms with van der Waals surface area (Å²) in [6.45, 7) is 2.28. The van der Waals surface area contributed by atoms with Gasteiger partial charge in [0.05, 0.1) is 9.85 Å². The molecule has 114 valence electrons. The van der Waals surface area contributed by atoms with E-state index < -0.39 is 9.85 Å². The van der Waals surface area contributed by atoms with Crippen molar-refractivity contribution in [2.45, 2.75) is 13.3 Å². The number of non-ortho nitro benzene ring substituents is 1. The van der Waals surface area contributed by atoms with Crippen LogP contribution in [0.25, 0.3) is 0 Å². The fraction of sp³-hybridized carbons (Fsp3) is 0.200. The molecule has 0 bridgehead atoms. The number of nitro groups is 2. The van der Waals surface area contributed by atoms with Crippen molar-refractivity contribution in [1.82, 2.24) is 0 Å². The third-order valence-electron chi connectivity index (χ3n) is 3.32. The monoisotopic (exact) mass is 301 g/mol. The second kappa shape index (κ2) is 6.66. The first-order chi connectivity index (χ1) is 10.5. The molecule has 0 unspecified atom stereocenters. The summed E-state index contributed by atoms with van der Waals surface area (Å²) >= 11 is 0. The van der Waals surface area contributed by atoms with Crippen LogP contribution in [0.15, 0.2) is 42.5 Å². The first kappa shape index (κ1) is 15.4. The van der Waals surface area contributed by atoms with E-state index in [1.807, 2.05) is 0 Å². The van der Waals surface area contributed by atoms with Crippen molar-refractivity contribution in [2.24, 2.45) is 0 Å². The Morgan fingerprint density at radius 1 is 1.05 bits per heavy atom. The van der Waals surface area contributed by atoms with Crippen molar-refractivity contribution < 1.29 is 9.85 Å². The Kier molecular flexibility index (Phi) is 4.67. The van der Waals surface area contributed by atoms with Gasteiger partial charge in [0.2, 0.25) is 0 Å². The van der Waals surface area contributed by atoms with Crippen molar-refractivity contribution in [3.63, 3.8) is 0 Å². The highest BCUT2D eigenvalue weighted by Crippen LogP contribution is 2.22. The number of benzene rings is 2. The van der Waals surface area contributed by atoms with Crippen LogP contribution in [-0.4, -0.2) is 16.4 Å². The van der Waals surface area contributed by atoms with Gasteiger partial charge < -0.3 is 5.32 Å². The molecule has 0 aliphatic carbocycles. The van der Waals surface area contributed by atoms with Crippen molar-refractivity contribution in [3.05, 3.63) is 73.8 Å². The van der Waals surface area contributed by atoms with E-state index in [1.165, 1.54) is 18.2 Å². The average Bonchev–Trinajstić information content (AvgIpc) is 2.49. The Bertz CT molecular complexity index is 716. The van der Waals surface area contributed by atoms with Gasteiger partial charge in [-0.3, -0.25) is 20.2 Å². The highest BCUT2D eigenvalue weighted by molar-refractivity contribution is 5.55. The van der Waals surface area contributed by atoms with Gasteiger partial charge in [0, 0.05) is 36.0 Å². The number of nitrogens with zero attached hydrogens (tertiary/aromatic N) is 2. The standard InChI is InChI=1S/C15H15N3O4/c1-11-10-13(17(19)20)6-7-14(11)16-9-8-12-4-2-3-5-15(12)18(21)22/h2-7,10,16H,8-9H2,1H3. The summed E-state index contributed by atoms with van der Waals surface area (Å²) in [6, 6.07) is 11.2. The first-order valence-electron chi connectivity index (χ1n) is 6.70. The molecule has 0 radical (unpaired) electrons. The number of nitro benzene ring substituents is 2. The molecule has 0 aliphatic heterocycles. The van der Waals surface area contributed by atoms with Gasteiger partial charge in [0.15, 0.2) is 0 Å². The predicted molar refractivity (Wildman–Crippen MR) is 83.1 cm³/mol. The number of anilines is 1. The van der Waals surface area contributed by atoms with E-state index in [0.717, 1.165) is 11.3 Å². The predicted octanol–water partition coefficient (Wildman–Crippen LogP) is 3.47. The second-order valence-electron chi connectivity index (χ2n) is 4.82. The number of rotatable bonds is 6. The Labute approximate surface area is 126 Å². The minimum absolute atomic E-state index is 0.0433. The Hall–Kier alpha value is -2.96. The number of nitrogens with one attached hydrogen (secondary N) is 1. The largest absolute Gasteiger partial charge is 0.384 e. The third-order valence-corrected chi connectivity index (χ3v) is 3.32. The maximum absolute atomic E-state index is 10.9. The zero-order valence-corrected chi connectivity index (χ0v) is 12.0. The summed E-state index contributed by atoms with van der Waals surface area (Å²) in [5.74, 6) is 0. The van der Waals surface area contributed by atoms with Gasteiger partial charge in [-0.2, -0.15) is 0 Å². The second-order valence-corrected chi connectivity index (χ2v) is 4.82. The van der Waals surface area contributed by atoms with Gasteiger partial charge in [-0.15, -0.1) is 0 Å². The summed E-state index contributed by atoms with van der Waals surface area (Å²) in [5.41, 5.74) is 2.34. The summed E-state index contributed by atoms with van der Waals surface area (Å²) in [5, 5.41) is 24.8. The maximum atomic E-state index is 10.9. The van der Waals surface area contributed by atoms with Crippen molar-refractivity contribution in [1.29, 1.82) is 0 Å². The van der Waals surface area contributed by atoms with E-state index in [2.05, 4.69) is 5.32 Å². The average molecular weight is 301 g/mol. The van der Waals surface area contributed by atoms with E-state index in [1.54, 1.807) is 31.2 Å². The quantitative estimate of drug-likeness (QED) is 0.650. The normalized spacial score (nSPS) is 10.2. The van der Waals surface area contributed by atoms with Gasteiger partial charge in [0.1, 0.15) is 0 Å².